The summed E-state index contributed by atoms with van der Waals surface area (Å²) in [5.74, 6) is -1.25. The van der Waals surface area contributed by atoms with Crippen LogP contribution in [0.2, 0.25) is 5.02 Å². The number of hydrogen-bond donors (Lipinski definition) is 2. The Labute approximate surface area is 206 Å². The third-order valence-corrected chi connectivity index (χ3v) is 5.77. The molecule has 0 saturated heterocycles. The molecule has 0 atom stereocenters. The number of aromatic nitrogens is 3. The Bertz CT molecular complexity index is 1420. The molecule has 34 heavy (non-hydrogen) atoms. The van der Waals surface area contributed by atoms with E-state index in [1.165, 1.54) is 29.9 Å². The number of carbonyl (C=O) groups is 2. The number of rotatable bonds is 4. The van der Waals surface area contributed by atoms with E-state index in [9.17, 15) is 22.8 Å². The molecule has 0 unspecified atom stereocenters. The summed E-state index contributed by atoms with van der Waals surface area (Å²) in [4.78, 5) is 29.4. The molecule has 2 aromatic carbocycles. The second-order valence-electron chi connectivity index (χ2n) is 7.03. The van der Waals surface area contributed by atoms with Crippen molar-refractivity contribution in [1.29, 1.82) is 0 Å². The van der Waals surface area contributed by atoms with E-state index in [-0.39, 0.29) is 16.9 Å². The molecule has 0 fully saturated rings. The summed E-state index contributed by atoms with van der Waals surface area (Å²) in [6.45, 7) is 0. The fourth-order valence-electron chi connectivity index (χ4n) is 3.49. The summed E-state index contributed by atoms with van der Waals surface area (Å²) >= 11 is 8.34. The van der Waals surface area contributed by atoms with Crippen molar-refractivity contribution in [3.05, 3.63) is 76.6 Å². The van der Waals surface area contributed by atoms with Gasteiger partial charge >= 0.3 is 207 Å². The van der Waals surface area contributed by atoms with E-state index in [0.717, 1.165) is 12.1 Å². The van der Waals surface area contributed by atoms with Gasteiger partial charge in [0.15, 0.2) is 0 Å². The molecule has 4 aromatic rings. The van der Waals surface area contributed by atoms with Crippen LogP contribution >= 0.6 is 11.6 Å². The quantitative estimate of drug-likeness (QED) is 0.357. The summed E-state index contributed by atoms with van der Waals surface area (Å²) in [5.41, 5.74) is 0.591. The van der Waals surface area contributed by atoms with Gasteiger partial charge in [0.1, 0.15) is 0 Å². The average molecular weight is 574 g/mol. The van der Waals surface area contributed by atoms with Gasteiger partial charge in [0, 0.05) is 0 Å². The van der Waals surface area contributed by atoms with E-state index < -0.39 is 23.6 Å². The van der Waals surface area contributed by atoms with Gasteiger partial charge in [-0.15, -0.1) is 0 Å². The Morgan fingerprint density at radius 2 is 1.71 bits per heavy atom. The zero-order valence-corrected chi connectivity index (χ0v) is 19.7. The first-order chi connectivity index (χ1) is 16.2. The van der Waals surface area contributed by atoms with Gasteiger partial charge in [-0.25, -0.2) is 0 Å². The molecule has 0 bridgehead atoms. The van der Waals surface area contributed by atoms with Crippen LogP contribution in [-0.4, -0.2) is 33.5 Å². The topological polar surface area (TPSA) is 88.4 Å². The Morgan fingerprint density at radius 1 is 1.03 bits per heavy atom. The molecule has 2 aromatic heterocycles. The first-order valence-corrected chi connectivity index (χ1v) is 10.9. The SMILES string of the molecule is CNC(=O)c1nn2c(-c3ccc(C(F)(F)F)cc3)c(-c3ccccc3Cl)cnc2c1C(=O)[NH][Ru]. The first-order valence-electron chi connectivity index (χ1n) is 9.63. The van der Waals surface area contributed by atoms with E-state index >= 15 is 0 Å². The van der Waals surface area contributed by atoms with Gasteiger partial charge in [-0.3, -0.25) is 0 Å². The van der Waals surface area contributed by atoms with E-state index in [2.05, 4.69) is 19.5 Å². The maximum atomic E-state index is 13.1. The summed E-state index contributed by atoms with van der Waals surface area (Å²) in [7, 11) is 1.38. The number of amides is 2. The maximum absolute atomic E-state index is 13.1. The van der Waals surface area contributed by atoms with Gasteiger partial charge in [-0.05, 0) is 0 Å². The van der Waals surface area contributed by atoms with Gasteiger partial charge in [0.25, 0.3) is 0 Å². The van der Waals surface area contributed by atoms with Gasteiger partial charge in [-0.1, -0.05) is 0 Å². The number of benzene rings is 2. The predicted octanol–water partition coefficient (Wildman–Crippen LogP) is 4.29. The zero-order chi connectivity index (χ0) is 24.6. The number of hydrogen-bond acceptors (Lipinski definition) is 4. The standard InChI is InChI=1S/C22H15ClF3N5O2.Ru/c1-28-21(33)17-16(19(27)32)20-29-10-14(13-4-2-3-5-15(13)23)18(31(20)30-17)11-6-8-12(9-7-11)22(24,25)26;/h2-10H,1H3,(H3,27,28,32,33);/q;+1/p-1. The van der Waals surface area contributed by atoms with Crippen LogP contribution in [0.4, 0.5) is 13.2 Å². The zero-order valence-electron chi connectivity index (χ0n) is 17.2. The van der Waals surface area contributed by atoms with Crippen LogP contribution in [-0.2, 0) is 24.7 Å². The Balaban J connectivity index is 2.10. The molecule has 2 heterocycles. The van der Waals surface area contributed by atoms with Crippen LogP contribution in [0.15, 0.2) is 54.7 Å². The second kappa shape index (κ2) is 9.15. The van der Waals surface area contributed by atoms with E-state index in [0.29, 0.717) is 27.4 Å². The number of carbonyl (C=O) groups excluding carboxylic acids is 2. The van der Waals surface area contributed by atoms with Crippen molar-refractivity contribution in [2.75, 3.05) is 7.05 Å². The molecule has 0 aliphatic carbocycles. The van der Waals surface area contributed by atoms with Crippen molar-refractivity contribution in [2.45, 2.75) is 6.18 Å². The molecule has 175 valence electrons. The van der Waals surface area contributed by atoms with Crippen molar-refractivity contribution < 1.29 is 41.3 Å². The fourth-order valence-corrected chi connectivity index (χ4v) is 3.94. The molecule has 0 aliphatic rings. The first kappa shape index (κ1) is 23.8. The third-order valence-electron chi connectivity index (χ3n) is 5.04. The van der Waals surface area contributed by atoms with Crippen molar-refractivity contribution >= 4 is 29.1 Å². The van der Waals surface area contributed by atoms with Gasteiger partial charge in [0.2, 0.25) is 0 Å². The number of alkyl halides is 3. The summed E-state index contributed by atoms with van der Waals surface area (Å²) in [5, 5.41) is 7.12. The van der Waals surface area contributed by atoms with Crippen molar-refractivity contribution in [3.63, 3.8) is 0 Å². The van der Waals surface area contributed by atoms with E-state index in [4.69, 9.17) is 11.6 Å². The number of fused-ring (bicyclic) bond motifs is 1. The van der Waals surface area contributed by atoms with Crippen LogP contribution in [0.3, 0.4) is 0 Å². The van der Waals surface area contributed by atoms with Crippen LogP contribution in [0.25, 0.3) is 28.0 Å². The minimum atomic E-state index is -4.51. The van der Waals surface area contributed by atoms with Crippen LogP contribution in [0, 0.1) is 0 Å². The summed E-state index contributed by atoms with van der Waals surface area (Å²) < 4.78 is 43.1. The fraction of sp³-hybridized carbons (Fsp3) is 0.0909. The Hall–Kier alpha value is -3.30. The van der Waals surface area contributed by atoms with Crippen LogP contribution in [0.5, 0.6) is 0 Å². The van der Waals surface area contributed by atoms with E-state index in [1.807, 2.05) is 18.5 Å². The average Bonchev–Trinajstić information content (AvgIpc) is 3.22. The van der Waals surface area contributed by atoms with Crippen LogP contribution in [0.1, 0.15) is 26.4 Å². The molecular formula is C22H14ClF3N5O2Ru. The van der Waals surface area contributed by atoms with Crippen molar-refractivity contribution in [3.8, 4) is 22.4 Å². The summed E-state index contributed by atoms with van der Waals surface area (Å²) in [6, 6.07) is 11.3. The molecular weight excluding hydrogens is 560 g/mol. The third kappa shape index (κ3) is 4.17. The molecule has 7 nitrogen and oxygen atoms in total. The van der Waals surface area contributed by atoms with Crippen molar-refractivity contribution in [1.82, 2.24) is 24.0 Å². The molecule has 12 heteroatoms. The predicted molar refractivity (Wildman–Crippen MR) is 115 cm³/mol. The monoisotopic (exact) mass is 574 g/mol. The van der Waals surface area contributed by atoms with Crippen LogP contribution < -0.4 is 9.38 Å². The van der Waals surface area contributed by atoms with Gasteiger partial charge < -0.3 is 0 Å². The number of halogens is 4. The summed E-state index contributed by atoms with van der Waals surface area (Å²) in [6.07, 6.45) is -3.07. The molecule has 4 rings (SSSR count). The number of nitrogens with zero attached hydrogens (tertiary/aromatic N) is 3. The Morgan fingerprint density at radius 3 is 2.29 bits per heavy atom. The molecule has 0 aliphatic heterocycles. The normalized spacial score (nSPS) is 11.5. The number of nitrogens with one attached hydrogen (secondary N) is 2. The Kier molecular flexibility index (Phi) is 6.42. The van der Waals surface area contributed by atoms with Gasteiger partial charge in [-0.2, -0.15) is 0 Å². The molecule has 2 N–H and O–H groups in total. The van der Waals surface area contributed by atoms with Crippen molar-refractivity contribution in [2.24, 2.45) is 0 Å². The molecule has 0 radical (unpaired) electrons. The molecule has 2 amide bonds. The molecule has 0 spiro atoms. The van der Waals surface area contributed by atoms with Gasteiger partial charge in [0.05, 0.1) is 0 Å². The second-order valence-corrected chi connectivity index (χ2v) is 7.87. The van der Waals surface area contributed by atoms with E-state index in [1.54, 1.807) is 24.3 Å². The molecule has 0 saturated carbocycles. The minimum absolute atomic E-state index is 0.0477.